The lowest BCUT2D eigenvalue weighted by Crippen LogP contribution is -2.57. The highest BCUT2D eigenvalue weighted by molar-refractivity contribution is 7.14. The van der Waals surface area contributed by atoms with Gasteiger partial charge in [-0.05, 0) is 58.1 Å². The number of hydrogen-bond donors (Lipinski definition) is 4. The molecular weight excluding hydrogens is 831 g/mol. The molecule has 17 nitrogen and oxygen atoms in total. The van der Waals surface area contributed by atoms with E-state index in [4.69, 9.17) is 24.2 Å². The lowest BCUT2D eigenvalue weighted by atomic mass is 9.88. The van der Waals surface area contributed by atoms with E-state index in [1.807, 2.05) is 37.4 Å². The molecule has 3 fully saturated rings. The van der Waals surface area contributed by atoms with Gasteiger partial charge < -0.3 is 40.2 Å². The second-order valence-corrected chi connectivity index (χ2v) is 19.0. The molecule has 4 aliphatic rings. The first kappa shape index (κ1) is 45.3. The van der Waals surface area contributed by atoms with Gasteiger partial charge in [0.25, 0.3) is 5.91 Å². The fourth-order valence-corrected chi connectivity index (χ4v) is 9.32. The van der Waals surface area contributed by atoms with Crippen LogP contribution in [-0.4, -0.2) is 117 Å². The number of ether oxygens (including phenoxy) is 3. The Labute approximate surface area is 370 Å². The minimum atomic E-state index is -1.53. The maximum Gasteiger partial charge on any atom is 0.408 e. The number of carboxylic acid groups (broad SMARTS) is 1. The number of aromatic nitrogens is 2. The summed E-state index contributed by atoms with van der Waals surface area (Å²) in [6.45, 7) is 9.34. The predicted molar refractivity (Wildman–Crippen MR) is 234 cm³/mol. The fraction of sp³-hybridized carbons (Fsp3) is 0.556. The average molecular weight is 888 g/mol. The first-order valence-corrected chi connectivity index (χ1v) is 22.6. The standard InChI is InChI=1S/C45H57N7O10S/c1-25(2)46-42-48-33(24-63-42)32-21-35(29-17-16-27(60-6)19-31(29)47-32)61-28-20-34-38(54)50-45(41(57)58)22-26(45)13-10-8-7-9-11-14-30(39(55)52(34)23-28)49-43(59)62-37(44(3,4)5)40(56)51-18-12-15-36(51)53/h10,13,16-17,19,21,24-26,28,30,34,37H,7-9,11-12,14-15,18,20,22-23H2,1-6H3,(H,46,48)(H,49,59)(H,50,54)(H,57,58)/b13-10-/t26?,28-,30+,34+,37-,45-/m1/s1. The van der Waals surface area contributed by atoms with Crippen molar-refractivity contribution in [1.29, 1.82) is 0 Å². The van der Waals surface area contributed by atoms with Crippen LogP contribution in [-0.2, 0) is 28.7 Å². The minimum Gasteiger partial charge on any atom is -0.497 e. The Bertz CT molecular complexity index is 2290. The number of nitrogens with zero attached hydrogens (tertiary/aromatic N) is 4. The van der Waals surface area contributed by atoms with Crippen LogP contribution in [0.4, 0.5) is 9.93 Å². The largest absolute Gasteiger partial charge is 0.497 e. The van der Waals surface area contributed by atoms with Gasteiger partial charge in [-0.1, -0.05) is 45.8 Å². The Kier molecular flexibility index (Phi) is 13.3. The molecule has 18 heteroatoms. The summed E-state index contributed by atoms with van der Waals surface area (Å²) in [5, 5.41) is 22.4. The Hall–Kier alpha value is -5.78. The van der Waals surface area contributed by atoms with E-state index in [-0.39, 0.29) is 50.7 Å². The van der Waals surface area contributed by atoms with Gasteiger partial charge in [0.15, 0.2) is 11.2 Å². The van der Waals surface area contributed by atoms with E-state index < -0.39 is 70.9 Å². The van der Waals surface area contributed by atoms with Crippen LogP contribution in [0.25, 0.3) is 22.3 Å². The van der Waals surface area contributed by atoms with Gasteiger partial charge in [-0.2, -0.15) is 0 Å². The van der Waals surface area contributed by atoms with Crippen molar-refractivity contribution in [3.63, 3.8) is 0 Å². The number of thiazole rings is 1. The van der Waals surface area contributed by atoms with Crippen molar-refractivity contribution in [2.45, 2.75) is 128 Å². The van der Waals surface area contributed by atoms with Crippen molar-refractivity contribution in [3.05, 3.63) is 41.8 Å². The molecule has 338 valence electrons. The molecule has 2 aromatic heterocycles. The number of pyridine rings is 1. The maximum absolute atomic E-state index is 14.9. The second-order valence-electron chi connectivity index (χ2n) is 18.2. The topological polar surface area (TPSA) is 219 Å². The number of imide groups is 1. The molecule has 4 N–H and O–H groups in total. The van der Waals surface area contributed by atoms with Crippen LogP contribution in [0.15, 0.2) is 41.8 Å². The van der Waals surface area contributed by atoms with Crippen molar-refractivity contribution < 1.29 is 48.1 Å². The maximum atomic E-state index is 14.9. The van der Waals surface area contributed by atoms with Crippen LogP contribution in [0.5, 0.6) is 11.5 Å². The number of methoxy groups -OCH3 is 1. The number of hydrogen-bond acceptors (Lipinski definition) is 13. The van der Waals surface area contributed by atoms with Gasteiger partial charge in [0.2, 0.25) is 17.7 Å². The number of fused-ring (bicyclic) bond motifs is 3. The lowest BCUT2D eigenvalue weighted by Gasteiger charge is -2.33. The zero-order valence-corrected chi connectivity index (χ0v) is 37.4. The number of anilines is 1. The summed E-state index contributed by atoms with van der Waals surface area (Å²) in [5.41, 5.74) is -0.716. The molecule has 1 saturated carbocycles. The van der Waals surface area contributed by atoms with Crippen molar-refractivity contribution in [2.24, 2.45) is 11.3 Å². The number of benzene rings is 1. The van der Waals surface area contributed by atoms with Gasteiger partial charge in [0, 0.05) is 59.7 Å². The Morgan fingerprint density at radius 2 is 1.84 bits per heavy atom. The van der Waals surface area contributed by atoms with Crippen molar-refractivity contribution in [2.75, 3.05) is 25.5 Å². The number of alkyl carbamates (subject to hydrolysis) is 1. The molecule has 1 aliphatic carbocycles. The SMILES string of the molecule is COc1ccc2c(O[C@@H]3C[C@H]4C(=O)N[C@]5(C(=O)O)CC5/C=C\CCCCC[C@H](NC(=O)O[C@H](C(=O)N5CCCC5=O)C(C)(C)C)C(=O)N4C3)cc(-c3csc(NC(C)C)n3)nc2c1. The summed E-state index contributed by atoms with van der Waals surface area (Å²) in [7, 11) is 1.56. The second kappa shape index (κ2) is 18.5. The molecule has 63 heavy (non-hydrogen) atoms. The fourth-order valence-electron chi connectivity index (χ4n) is 8.47. The monoisotopic (exact) mass is 887 g/mol. The highest BCUT2D eigenvalue weighted by Crippen LogP contribution is 2.46. The summed E-state index contributed by atoms with van der Waals surface area (Å²) < 4.78 is 18.0. The molecule has 3 aromatic rings. The molecule has 0 spiro atoms. The minimum absolute atomic E-state index is 0.00384. The third-order valence-corrected chi connectivity index (χ3v) is 12.7. The van der Waals surface area contributed by atoms with Crippen LogP contribution in [0.1, 0.15) is 92.4 Å². The van der Waals surface area contributed by atoms with Crippen LogP contribution in [0.3, 0.4) is 0 Å². The van der Waals surface area contributed by atoms with E-state index in [9.17, 15) is 33.9 Å². The molecule has 6 atom stereocenters. The summed E-state index contributed by atoms with van der Waals surface area (Å²) in [5.74, 6) is -2.80. The van der Waals surface area contributed by atoms with Crippen LogP contribution in [0, 0.1) is 11.3 Å². The van der Waals surface area contributed by atoms with Gasteiger partial charge in [0.1, 0.15) is 40.9 Å². The highest BCUT2D eigenvalue weighted by atomic mass is 32.1. The van der Waals surface area contributed by atoms with E-state index in [0.29, 0.717) is 59.5 Å². The molecule has 2 saturated heterocycles. The van der Waals surface area contributed by atoms with E-state index in [1.165, 1.54) is 16.2 Å². The van der Waals surface area contributed by atoms with Gasteiger partial charge in [0.05, 0.1) is 24.9 Å². The number of likely N-dealkylation sites (tertiary alicyclic amines) is 1. The zero-order valence-electron chi connectivity index (χ0n) is 36.6. The molecule has 3 aliphatic heterocycles. The summed E-state index contributed by atoms with van der Waals surface area (Å²) in [6.07, 6.45) is 4.44. The molecule has 0 bridgehead atoms. The smallest absolute Gasteiger partial charge is 0.408 e. The van der Waals surface area contributed by atoms with E-state index in [0.717, 1.165) is 16.5 Å². The normalized spacial score (nSPS) is 25.3. The molecular formula is C45H57N7O10S. The number of rotatable bonds is 10. The Morgan fingerprint density at radius 1 is 1.05 bits per heavy atom. The zero-order chi connectivity index (χ0) is 45.2. The number of carbonyl (C=O) groups is 6. The number of nitrogens with one attached hydrogen (secondary N) is 3. The predicted octanol–water partition coefficient (Wildman–Crippen LogP) is 5.67. The number of allylic oxidation sites excluding steroid dienone is 1. The molecule has 1 aromatic carbocycles. The number of carbonyl (C=O) groups excluding carboxylic acids is 5. The molecule has 0 radical (unpaired) electrons. The lowest BCUT2D eigenvalue weighted by molar-refractivity contribution is -0.152. The molecule has 5 heterocycles. The van der Waals surface area contributed by atoms with Crippen molar-refractivity contribution in [1.82, 2.24) is 30.4 Å². The molecule has 5 amide bonds. The number of carboxylic acids is 1. The molecule has 1 unspecified atom stereocenters. The Balaban J connectivity index is 1.20. The van der Waals surface area contributed by atoms with Crippen molar-refractivity contribution >= 4 is 63.1 Å². The van der Waals surface area contributed by atoms with Gasteiger partial charge >= 0.3 is 12.1 Å². The number of amides is 5. The third-order valence-electron chi connectivity index (χ3n) is 11.9. The van der Waals surface area contributed by atoms with E-state index >= 15 is 0 Å². The van der Waals surface area contributed by atoms with Gasteiger partial charge in [-0.15, -0.1) is 11.3 Å². The van der Waals surface area contributed by atoms with E-state index in [2.05, 4.69) is 16.0 Å². The molecule has 7 rings (SSSR count). The highest BCUT2D eigenvalue weighted by Gasteiger charge is 2.61. The van der Waals surface area contributed by atoms with Crippen LogP contribution >= 0.6 is 11.3 Å². The van der Waals surface area contributed by atoms with Crippen LogP contribution in [0.2, 0.25) is 0 Å². The van der Waals surface area contributed by atoms with Gasteiger partial charge in [-0.25, -0.2) is 19.6 Å². The van der Waals surface area contributed by atoms with Gasteiger partial charge in [-0.3, -0.25) is 24.1 Å². The first-order valence-electron chi connectivity index (χ1n) is 21.7. The quantitative estimate of drug-likeness (QED) is 0.181. The third kappa shape index (κ3) is 10.1. The summed E-state index contributed by atoms with van der Waals surface area (Å²) in [4.78, 5) is 93.9. The summed E-state index contributed by atoms with van der Waals surface area (Å²) in [6, 6.07) is 4.95. The summed E-state index contributed by atoms with van der Waals surface area (Å²) >= 11 is 1.44. The van der Waals surface area contributed by atoms with Crippen LogP contribution < -0.4 is 25.4 Å². The first-order chi connectivity index (χ1) is 30.0. The van der Waals surface area contributed by atoms with Crippen molar-refractivity contribution in [3.8, 4) is 22.9 Å². The Morgan fingerprint density at radius 3 is 2.54 bits per heavy atom. The number of aliphatic carboxylic acids is 1. The van der Waals surface area contributed by atoms with E-state index in [1.54, 1.807) is 46.1 Å². The average Bonchev–Trinajstić information content (AvgIpc) is 3.58.